The Labute approximate surface area is 255 Å². The Morgan fingerprint density at radius 2 is 1.83 bits per heavy atom. The maximum absolute atomic E-state index is 14.1. The lowest BCUT2D eigenvalue weighted by Gasteiger charge is -2.40. The van der Waals surface area contributed by atoms with Crippen molar-refractivity contribution in [3.63, 3.8) is 0 Å². The van der Waals surface area contributed by atoms with E-state index in [1.165, 1.54) is 16.6 Å². The predicted octanol–water partition coefficient (Wildman–Crippen LogP) is 5.14. The molecule has 2 aromatic rings. The van der Waals surface area contributed by atoms with Crippen molar-refractivity contribution < 1.29 is 32.3 Å². The molecule has 10 nitrogen and oxygen atoms in total. The molecular weight excluding hydrogens is 605 g/mol. The van der Waals surface area contributed by atoms with Gasteiger partial charge in [-0.25, -0.2) is 15.1 Å². The highest BCUT2D eigenvalue weighted by molar-refractivity contribution is 7.86. The molecule has 0 radical (unpaired) electrons. The number of rotatable bonds is 10. The van der Waals surface area contributed by atoms with Crippen molar-refractivity contribution in [2.75, 3.05) is 19.8 Å². The van der Waals surface area contributed by atoms with Crippen molar-refractivity contribution in [2.24, 2.45) is 5.92 Å². The zero-order valence-corrected chi connectivity index (χ0v) is 25.5. The second-order valence-corrected chi connectivity index (χ2v) is 13.2. The minimum absolute atomic E-state index is 0.0677. The van der Waals surface area contributed by atoms with Gasteiger partial charge in [0.2, 0.25) is 0 Å². The van der Waals surface area contributed by atoms with E-state index in [0.717, 1.165) is 30.0 Å². The van der Waals surface area contributed by atoms with E-state index in [-0.39, 0.29) is 36.2 Å². The lowest BCUT2D eigenvalue weighted by molar-refractivity contribution is -0.186. The molecule has 2 aliphatic heterocycles. The van der Waals surface area contributed by atoms with E-state index >= 15 is 0 Å². The van der Waals surface area contributed by atoms with Crippen LogP contribution in [-0.2, 0) is 35.9 Å². The van der Waals surface area contributed by atoms with E-state index in [1.54, 1.807) is 43.3 Å². The van der Waals surface area contributed by atoms with E-state index in [0.29, 0.717) is 34.7 Å². The van der Waals surface area contributed by atoms with Crippen LogP contribution < -0.4 is 5.48 Å². The summed E-state index contributed by atoms with van der Waals surface area (Å²) >= 11 is 12.7. The summed E-state index contributed by atoms with van der Waals surface area (Å²) in [6.45, 7) is 2.55. The average Bonchev–Trinajstić information content (AvgIpc) is 3.80. The fourth-order valence-corrected chi connectivity index (χ4v) is 7.18. The van der Waals surface area contributed by atoms with Crippen molar-refractivity contribution in [2.45, 2.75) is 57.9 Å². The summed E-state index contributed by atoms with van der Waals surface area (Å²) in [6.07, 6.45) is 5.27. The van der Waals surface area contributed by atoms with Gasteiger partial charge in [-0.1, -0.05) is 41.4 Å². The van der Waals surface area contributed by atoms with Crippen molar-refractivity contribution in [3.05, 3.63) is 81.0 Å². The Hall–Kier alpha value is -2.67. The van der Waals surface area contributed by atoms with Gasteiger partial charge in [0, 0.05) is 41.4 Å². The molecule has 1 saturated heterocycles. The number of nitrogens with one attached hydrogen (secondary N) is 1. The van der Waals surface area contributed by atoms with Gasteiger partial charge < -0.3 is 9.47 Å². The Bertz CT molecular complexity index is 1440. The number of halogens is 2. The summed E-state index contributed by atoms with van der Waals surface area (Å²) in [7, 11) is -4.09. The van der Waals surface area contributed by atoms with Crippen LogP contribution in [0, 0.1) is 5.92 Å². The summed E-state index contributed by atoms with van der Waals surface area (Å²) in [6, 6.07) is 10.3. The quantitative estimate of drug-likeness (QED) is 0.283. The number of benzene rings is 2. The number of ether oxygens (including phenoxy) is 2. The Morgan fingerprint density at radius 3 is 2.48 bits per heavy atom. The molecule has 226 valence electrons. The number of hydrogen-bond donors (Lipinski definition) is 1. The number of carbonyl (C=O) groups excluding carboxylic acids is 2. The summed E-state index contributed by atoms with van der Waals surface area (Å²) < 4.78 is 41.4. The normalized spacial score (nSPS) is 22.4. The van der Waals surface area contributed by atoms with Crippen LogP contribution in [0.2, 0.25) is 10.0 Å². The van der Waals surface area contributed by atoms with E-state index in [1.807, 2.05) is 0 Å². The molecule has 1 N–H and O–H groups in total. The van der Waals surface area contributed by atoms with E-state index in [9.17, 15) is 18.0 Å². The third-order valence-corrected chi connectivity index (χ3v) is 9.68. The topological polar surface area (TPSA) is 114 Å². The molecule has 0 spiro atoms. The zero-order valence-electron chi connectivity index (χ0n) is 23.1. The van der Waals surface area contributed by atoms with Crippen LogP contribution in [0.1, 0.15) is 66.6 Å². The zero-order chi connectivity index (χ0) is 29.9. The van der Waals surface area contributed by atoms with Crippen LogP contribution in [-0.4, -0.2) is 55.0 Å². The summed E-state index contributed by atoms with van der Waals surface area (Å²) in [5.41, 5.74) is 3.96. The fraction of sp³-hybridized carbons (Fsp3) is 0.448. The minimum atomic E-state index is -4.09. The van der Waals surface area contributed by atoms with Crippen molar-refractivity contribution in [1.82, 2.24) is 14.1 Å². The first-order valence-electron chi connectivity index (χ1n) is 14.0. The lowest BCUT2D eigenvalue weighted by atomic mass is 9.98. The maximum Gasteiger partial charge on any atom is 0.337 e. The predicted molar refractivity (Wildman–Crippen MR) is 156 cm³/mol. The van der Waals surface area contributed by atoms with Crippen LogP contribution in [0.5, 0.6) is 0 Å². The monoisotopic (exact) mass is 637 g/mol. The van der Waals surface area contributed by atoms with Crippen LogP contribution in [0.4, 0.5) is 0 Å². The summed E-state index contributed by atoms with van der Waals surface area (Å²) in [5, 5.41) is 0.644. The highest BCUT2D eigenvalue weighted by Crippen LogP contribution is 2.44. The third kappa shape index (κ3) is 7.10. The van der Waals surface area contributed by atoms with Crippen molar-refractivity contribution >= 4 is 45.3 Å². The molecule has 2 atom stereocenters. The van der Waals surface area contributed by atoms with Gasteiger partial charge in [0.1, 0.15) is 0 Å². The van der Waals surface area contributed by atoms with Gasteiger partial charge in [-0.2, -0.15) is 12.7 Å². The molecule has 0 bridgehead atoms. The first-order valence-corrected chi connectivity index (χ1v) is 16.1. The van der Waals surface area contributed by atoms with Gasteiger partial charge in [-0.05, 0) is 73.9 Å². The van der Waals surface area contributed by atoms with Crippen molar-refractivity contribution in [3.8, 4) is 0 Å². The third-order valence-electron chi connectivity index (χ3n) is 7.34. The fourth-order valence-electron chi connectivity index (χ4n) is 4.95. The Balaban J connectivity index is 1.41. The standard InChI is InChI=1S/C29H33Cl2N3O7S/c1-2-39-29(36)24-18-33(16-19-8-10-21(11-9-19)28(35)32-41-26-5-3-4-14-40-26)42(37,38)34(17-20-6-7-20)27(24)23-13-12-22(30)15-25(23)31/h8-13,15,18,20,26-27H,2-7,14,16-17H2,1H3,(H,32,35). The lowest BCUT2D eigenvalue weighted by Crippen LogP contribution is -2.49. The first kappa shape index (κ1) is 30.8. The number of amides is 1. The average molecular weight is 639 g/mol. The summed E-state index contributed by atoms with van der Waals surface area (Å²) in [5.74, 6) is -0.900. The van der Waals surface area contributed by atoms with E-state index in [4.69, 9.17) is 37.5 Å². The number of esters is 1. The maximum atomic E-state index is 14.1. The van der Waals surface area contributed by atoms with Gasteiger partial charge >= 0.3 is 16.2 Å². The molecule has 3 aliphatic rings. The highest BCUT2D eigenvalue weighted by atomic mass is 35.5. The van der Waals surface area contributed by atoms with Gasteiger partial charge in [-0.15, -0.1) is 0 Å². The molecule has 13 heteroatoms. The molecule has 2 heterocycles. The van der Waals surface area contributed by atoms with Gasteiger partial charge in [0.25, 0.3) is 5.91 Å². The number of hydroxylamine groups is 1. The Kier molecular flexibility index (Phi) is 9.76. The number of nitrogens with zero attached hydrogens (tertiary/aromatic N) is 2. The number of carbonyl (C=O) groups is 2. The molecular formula is C29H33Cl2N3O7S. The second kappa shape index (κ2) is 13.3. The highest BCUT2D eigenvalue weighted by Gasteiger charge is 2.46. The molecule has 1 aliphatic carbocycles. The molecule has 5 rings (SSSR count). The largest absolute Gasteiger partial charge is 0.463 e. The molecule has 42 heavy (non-hydrogen) atoms. The first-order chi connectivity index (χ1) is 20.2. The van der Waals surface area contributed by atoms with Gasteiger partial charge in [0.05, 0.1) is 24.8 Å². The van der Waals surface area contributed by atoms with Crippen LogP contribution >= 0.6 is 23.2 Å². The van der Waals surface area contributed by atoms with E-state index < -0.39 is 34.4 Å². The van der Waals surface area contributed by atoms with Crippen LogP contribution in [0.25, 0.3) is 0 Å². The van der Waals surface area contributed by atoms with Crippen LogP contribution in [0.3, 0.4) is 0 Å². The number of hydrogen-bond acceptors (Lipinski definition) is 7. The van der Waals surface area contributed by atoms with Crippen molar-refractivity contribution in [1.29, 1.82) is 0 Å². The molecule has 2 aromatic carbocycles. The molecule has 1 amide bonds. The molecule has 2 fully saturated rings. The summed E-state index contributed by atoms with van der Waals surface area (Å²) in [4.78, 5) is 31.2. The Morgan fingerprint density at radius 1 is 1.07 bits per heavy atom. The molecule has 2 unspecified atom stereocenters. The van der Waals surface area contributed by atoms with Crippen LogP contribution in [0.15, 0.2) is 54.2 Å². The minimum Gasteiger partial charge on any atom is -0.463 e. The molecule has 1 saturated carbocycles. The SMILES string of the molecule is CCOC(=O)C1=CN(Cc2ccc(C(=O)NOC3CCCCO3)cc2)S(=O)(=O)N(CC2CC2)C1c1ccc(Cl)cc1Cl. The van der Waals surface area contributed by atoms with Gasteiger partial charge in [-0.3, -0.25) is 9.10 Å². The van der Waals surface area contributed by atoms with Gasteiger partial charge in [0.15, 0.2) is 6.29 Å². The van der Waals surface area contributed by atoms with E-state index in [2.05, 4.69) is 5.48 Å². The second-order valence-electron chi connectivity index (χ2n) is 10.5. The molecule has 0 aromatic heterocycles. The smallest absolute Gasteiger partial charge is 0.337 e.